The highest BCUT2D eigenvalue weighted by atomic mass is 16.4. The van der Waals surface area contributed by atoms with Crippen LogP contribution >= 0.6 is 0 Å². The number of hydrogen-bond acceptors (Lipinski definition) is 4. The summed E-state index contributed by atoms with van der Waals surface area (Å²) in [4.78, 5) is 26.1. The summed E-state index contributed by atoms with van der Waals surface area (Å²) < 4.78 is 0. The Morgan fingerprint density at radius 1 is 1.28 bits per heavy atom. The Balaban J connectivity index is 2.34. The van der Waals surface area contributed by atoms with Crippen molar-refractivity contribution < 1.29 is 14.7 Å². The fourth-order valence-electron chi connectivity index (χ4n) is 1.96. The first kappa shape index (κ1) is 14.7. The van der Waals surface area contributed by atoms with Crippen molar-refractivity contribution >= 4 is 11.9 Å². The fourth-order valence-corrected chi connectivity index (χ4v) is 1.96. The minimum absolute atomic E-state index is 0.0523. The number of carboxylic acid groups (broad SMARTS) is 1. The Bertz CT molecular complexity index is 307. The first-order chi connectivity index (χ1) is 8.63. The minimum Gasteiger partial charge on any atom is -0.480 e. The molecule has 1 fully saturated rings. The second-order valence-electron chi connectivity index (χ2n) is 4.32. The van der Waals surface area contributed by atoms with Crippen LogP contribution in [0.4, 0.5) is 0 Å². The van der Waals surface area contributed by atoms with E-state index in [2.05, 4.69) is 11.9 Å². The summed E-state index contributed by atoms with van der Waals surface area (Å²) in [5.41, 5.74) is 0. The molecule has 1 heterocycles. The van der Waals surface area contributed by atoms with Crippen LogP contribution in [-0.2, 0) is 9.59 Å². The van der Waals surface area contributed by atoms with Crippen LogP contribution in [0.5, 0.6) is 0 Å². The number of aliphatic carboxylic acids is 1. The van der Waals surface area contributed by atoms with Crippen LogP contribution in [0, 0.1) is 0 Å². The van der Waals surface area contributed by atoms with Gasteiger partial charge in [-0.2, -0.15) is 0 Å². The molecule has 1 saturated heterocycles. The summed E-state index contributed by atoms with van der Waals surface area (Å²) in [5, 5.41) is 11.7. The average molecular weight is 255 g/mol. The summed E-state index contributed by atoms with van der Waals surface area (Å²) in [5.74, 6) is -0.753. The predicted octanol–water partition coefficient (Wildman–Crippen LogP) is -0.619. The molecule has 0 aromatic rings. The molecule has 1 amide bonds. The van der Waals surface area contributed by atoms with Gasteiger partial charge in [0.25, 0.3) is 0 Å². The summed E-state index contributed by atoms with van der Waals surface area (Å²) in [6.07, 6.45) is 2.53. The van der Waals surface area contributed by atoms with Crippen molar-refractivity contribution in [3.8, 4) is 0 Å². The smallest absolute Gasteiger partial charge is 0.317 e. The number of hydrogen-bond donors (Lipinski definition) is 2. The highest BCUT2D eigenvalue weighted by Crippen LogP contribution is 2.03. The normalized spacial score (nSPS) is 17.2. The van der Waals surface area contributed by atoms with Crippen LogP contribution in [-0.4, -0.2) is 72.6 Å². The Labute approximate surface area is 107 Å². The second-order valence-corrected chi connectivity index (χ2v) is 4.32. The van der Waals surface area contributed by atoms with Crippen molar-refractivity contribution in [3.05, 3.63) is 12.7 Å². The molecule has 0 aromatic heterocycles. The number of rotatable bonds is 6. The molecule has 0 bridgehead atoms. The summed E-state index contributed by atoms with van der Waals surface area (Å²) in [6, 6.07) is 0. The molecule has 2 N–H and O–H groups in total. The van der Waals surface area contributed by atoms with E-state index in [0.29, 0.717) is 32.7 Å². The van der Waals surface area contributed by atoms with E-state index in [-0.39, 0.29) is 12.5 Å². The molecule has 0 aromatic carbocycles. The lowest BCUT2D eigenvalue weighted by molar-refractivity contribution is -0.138. The van der Waals surface area contributed by atoms with Gasteiger partial charge in [-0.3, -0.25) is 14.5 Å². The van der Waals surface area contributed by atoms with Gasteiger partial charge in [-0.25, -0.2) is 0 Å². The van der Waals surface area contributed by atoms with Crippen LogP contribution in [0.3, 0.4) is 0 Å². The molecule has 0 unspecified atom stereocenters. The summed E-state index contributed by atoms with van der Waals surface area (Å²) in [6.45, 7) is 7.21. The van der Waals surface area contributed by atoms with Crippen molar-refractivity contribution in [3.63, 3.8) is 0 Å². The average Bonchev–Trinajstić information content (AvgIpc) is 2.54. The van der Waals surface area contributed by atoms with Crippen LogP contribution in [0.25, 0.3) is 0 Å². The van der Waals surface area contributed by atoms with E-state index >= 15 is 0 Å². The van der Waals surface area contributed by atoms with E-state index in [9.17, 15) is 9.59 Å². The van der Waals surface area contributed by atoms with Gasteiger partial charge in [-0.05, 0) is 6.42 Å². The van der Waals surface area contributed by atoms with Gasteiger partial charge in [-0.15, -0.1) is 6.58 Å². The highest BCUT2D eigenvalue weighted by Gasteiger charge is 2.19. The molecule has 6 heteroatoms. The van der Waals surface area contributed by atoms with E-state index in [0.717, 1.165) is 13.0 Å². The summed E-state index contributed by atoms with van der Waals surface area (Å²) in [7, 11) is 0. The molecular formula is C12H21N3O3. The van der Waals surface area contributed by atoms with Gasteiger partial charge < -0.3 is 15.3 Å². The Morgan fingerprint density at radius 3 is 2.72 bits per heavy atom. The molecule has 0 aliphatic carbocycles. The zero-order valence-electron chi connectivity index (χ0n) is 10.6. The van der Waals surface area contributed by atoms with Gasteiger partial charge in [0.15, 0.2) is 0 Å². The molecule has 0 radical (unpaired) electrons. The van der Waals surface area contributed by atoms with Gasteiger partial charge >= 0.3 is 5.97 Å². The van der Waals surface area contributed by atoms with Crippen molar-refractivity contribution in [1.29, 1.82) is 0 Å². The van der Waals surface area contributed by atoms with E-state index in [4.69, 9.17) is 5.11 Å². The monoisotopic (exact) mass is 255 g/mol. The first-order valence-electron chi connectivity index (χ1n) is 6.17. The van der Waals surface area contributed by atoms with Gasteiger partial charge in [0, 0.05) is 32.7 Å². The standard InChI is InChI=1S/C12H21N3O3/c1-2-4-13-9-11(16)15-6-3-5-14(7-8-15)10-12(17)18/h2,13H,1,3-10H2,(H,17,18). The van der Waals surface area contributed by atoms with Gasteiger partial charge in [0.2, 0.25) is 5.91 Å². The Morgan fingerprint density at radius 2 is 2.06 bits per heavy atom. The summed E-state index contributed by atoms with van der Waals surface area (Å²) >= 11 is 0. The molecule has 1 aliphatic heterocycles. The maximum Gasteiger partial charge on any atom is 0.317 e. The lowest BCUT2D eigenvalue weighted by Crippen LogP contribution is -2.41. The van der Waals surface area contributed by atoms with Gasteiger partial charge in [0.05, 0.1) is 13.1 Å². The molecule has 0 spiro atoms. The van der Waals surface area contributed by atoms with Gasteiger partial charge in [0.1, 0.15) is 0 Å². The zero-order valence-corrected chi connectivity index (χ0v) is 10.6. The molecule has 18 heavy (non-hydrogen) atoms. The molecular weight excluding hydrogens is 234 g/mol. The van der Waals surface area contributed by atoms with E-state index in [1.807, 2.05) is 4.90 Å². The molecule has 1 rings (SSSR count). The van der Waals surface area contributed by atoms with Crippen LogP contribution < -0.4 is 5.32 Å². The third-order valence-corrected chi connectivity index (χ3v) is 2.86. The Kier molecular flexibility index (Phi) is 6.38. The van der Waals surface area contributed by atoms with E-state index in [1.165, 1.54) is 0 Å². The maximum absolute atomic E-state index is 11.8. The van der Waals surface area contributed by atoms with Crippen LogP contribution in [0.1, 0.15) is 6.42 Å². The lowest BCUT2D eigenvalue weighted by Gasteiger charge is -2.21. The van der Waals surface area contributed by atoms with Crippen molar-refractivity contribution in [1.82, 2.24) is 15.1 Å². The minimum atomic E-state index is -0.817. The van der Waals surface area contributed by atoms with E-state index < -0.39 is 5.97 Å². The number of carbonyl (C=O) groups excluding carboxylic acids is 1. The number of nitrogens with zero attached hydrogens (tertiary/aromatic N) is 2. The van der Waals surface area contributed by atoms with E-state index in [1.54, 1.807) is 11.0 Å². The Hall–Kier alpha value is -1.40. The van der Waals surface area contributed by atoms with Crippen molar-refractivity contribution in [2.45, 2.75) is 6.42 Å². The number of carbonyl (C=O) groups is 2. The van der Waals surface area contributed by atoms with Crippen LogP contribution in [0.2, 0.25) is 0 Å². The molecule has 6 nitrogen and oxygen atoms in total. The predicted molar refractivity (Wildman–Crippen MR) is 68.3 cm³/mol. The molecule has 1 aliphatic rings. The van der Waals surface area contributed by atoms with Gasteiger partial charge in [-0.1, -0.05) is 6.08 Å². The highest BCUT2D eigenvalue weighted by molar-refractivity contribution is 5.78. The third kappa shape index (κ3) is 5.29. The SMILES string of the molecule is C=CCNCC(=O)N1CCCN(CC(=O)O)CC1. The van der Waals surface area contributed by atoms with Crippen molar-refractivity contribution in [2.24, 2.45) is 0 Å². The number of amides is 1. The lowest BCUT2D eigenvalue weighted by atomic mass is 10.3. The largest absolute Gasteiger partial charge is 0.480 e. The first-order valence-corrected chi connectivity index (χ1v) is 6.17. The van der Waals surface area contributed by atoms with Crippen LogP contribution in [0.15, 0.2) is 12.7 Å². The second kappa shape index (κ2) is 7.84. The quantitative estimate of drug-likeness (QED) is 0.489. The molecule has 102 valence electrons. The molecule has 0 saturated carbocycles. The third-order valence-electron chi connectivity index (χ3n) is 2.86. The fraction of sp³-hybridized carbons (Fsp3) is 0.667. The molecule has 0 atom stereocenters. The number of carboxylic acids is 1. The number of nitrogens with one attached hydrogen (secondary N) is 1. The zero-order chi connectivity index (χ0) is 13.4. The maximum atomic E-state index is 11.8. The van der Waals surface area contributed by atoms with Crippen molar-refractivity contribution in [2.75, 3.05) is 45.8 Å². The topological polar surface area (TPSA) is 72.9 Å².